The molecule has 100 valence electrons. The molecule has 0 bridgehead atoms. The molecule has 0 aliphatic carbocycles. The van der Waals surface area contributed by atoms with Crippen molar-refractivity contribution in [3.8, 4) is 0 Å². The van der Waals surface area contributed by atoms with Crippen LogP contribution in [0.5, 0.6) is 0 Å². The van der Waals surface area contributed by atoms with E-state index >= 15 is 0 Å². The van der Waals surface area contributed by atoms with E-state index < -0.39 is 5.97 Å². The number of thiazole rings is 1. The molecule has 0 aliphatic rings. The van der Waals surface area contributed by atoms with Crippen LogP contribution < -0.4 is 5.32 Å². The van der Waals surface area contributed by atoms with Gasteiger partial charge in [0.05, 0.1) is 11.3 Å². The Hall–Kier alpha value is -1.88. The van der Waals surface area contributed by atoms with Crippen LogP contribution in [0.15, 0.2) is 29.6 Å². The summed E-state index contributed by atoms with van der Waals surface area (Å²) in [5.74, 6) is -0.889. The average Bonchev–Trinajstić information content (AvgIpc) is 2.87. The van der Waals surface area contributed by atoms with Gasteiger partial charge in [-0.1, -0.05) is 19.1 Å². The Morgan fingerprint density at radius 2 is 2.11 bits per heavy atom. The second-order valence-electron chi connectivity index (χ2n) is 4.18. The maximum atomic E-state index is 10.7. The number of nitrogens with one attached hydrogen (secondary N) is 1. The lowest BCUT2D eigenvalue weighted by Crippen LogP contribution is -2.05. The van der Waals surface area contributed by atoms with Gasteiger partial charge in [0.1, 0.15) is 0 Å². The minimum atomic E-state index is -0.889. The lowest BCUT2D eigenvalue weighted by Gasteiger charge is -2.03. The molecule has 19 heavy (non-hydrogen) atoms. The molecule has 4 nitrogen and oxygen atoms in total. The summed E-state index contributed by atoms with van der Waals surface area (Å²) < 4.78 is 0. The maximum absolute atomic E-state index is 10.7. The number of benzene rings is 1. The molecule has 0 fully saturated rings. The molecule has 0 atom stereocenters. The van der Waals surface area contributed by atoms with E-state index in [1.165, 1.54) is 0 Å². The van der Waals surface area contributed by atoms with Crippen LogP contribution in [0.4, 0.5) is 5.13 Å². The third-order valence-corrected chi connectivity index (χ3v) is 3.65. The Morgan fingerprint density at radius 3 is 2.68 bits per heavy atom. The van der Waals surface area contributed by atoms with Crippen molar-refractivity contribution < 1.29 is 9.90 Å². The van der Waals surface area contributed by atoms with Crippen molar-refractivity contribution in [2.75, 3.05) is 11.9 Å². The highest BCUT2D eigenvalue weighted by Crippen LogP contribution is 2.15. The highest BCUT2D eigenvalue weighted by Gasteiger charge is 2.02. The predicted octanol–water partition coefficient (Wildman–Crippen LogP) is 3.06. The molecular formula is C14H16N2O2S. The van der Waals surface area contributed by atoms with E-state index in [2.05, 4.69) is 22.6 Å². The summed E-state index contributed by atoms with van der Waals surface area (Å²) in [5, 5.41) is 15.1. The lowest BCUT2D eigenvalue weighted by molar-refractivity contribution is 0.0697. The second kappa shape index (κ2) is 6.33. The van der Waals surface area contributed by atoms with E-state index in [1.807, 2.05) is 12.1 Å². The topological polar surface area (TPSA) is 62.2 Å². The molecule has 5 heteroatoms. The number of aromatic carboxylic acids is 1. The molecular weight excluding hydrogens is 260 g/mol. The summed E-state index contributed by atoms with van der Waals surface area (Å²) >= 11 is 1.62. The molecule has 0 saturated heterocycles. The Bertz CT molecular complexity index is 549. The van der Waals surface area contributed by atoms with Gasteiger partial charge in [-0.05, 0) is 30.5 Å². The zero-order valence-electron chi connectivity index (χ0n) is 10.7. The average molecular weight is 276 g/mol. The third kappa shape index (κ3) is 3.79. The van der Waals surface area contributed by atoms with Crippen LogP contribution >= 0.6 is 11.3 Å². The Labute approximate surface area is 116 Å². The normalized spacial score (nSPS) is 10.4. The zero-order chi connectivity index (χ0) is 13.7. The molecule has 0 spiro atoms. The first-order valence-corrected chi connectivity index (χ1v) is 7.07. The number of hydrogen-bond donors (Lipinski definition) is 2. The fourth-order valence-corrected chi connectivity index (χ4v) is 2.50. The summed E-state index contributed by atoms with van der Waals surface area (Å²) in [4.78, 5) is 15.1. The number of nitrogens with zero attached hydrogens (tertiary/aromatic N) is 1. The minimum absolute atomic E-state index is 0.323. The van der Waals surface area contributed by atoms with E-state index in [-0.39, 0.29) is 0 Å². The third-order valence-electron chi connectivity index (χ3n) is 2.80. The minimum Gasteiger partial charge on any atom is -0.478 e. The van der Waals surface area contributed by atoms with Crippen LogP contribution in [0.25, 0.3) is 0 Å². The molecule has 0 amide bonds. The summed E-state index contributed by atoms with van der Waals surface area (Å²) in [5.41, 5.74) is 2.55. The smallest absolute Gasteiger partial charge is 0.335 e. The standard InChI is InChI=1S/C14H16N2O2S/c1-2-12-9-19-14(16-12)15-8-7-10-3-5-11(6-4-10)13(17)18/h3-6,9H,2,7-8H2,1H3,(H,15,16)(H,17,18). The number of carboxylic acid groups (broad SMARTS) is 1. The number of carbonyl (C=O) groups is 1. The SMILES string of the molecule is CCc1csc(NCCc2ccc(C(=O)O)cc2)n1. The number of carboxylic acids is 1. The predicted molar refractivity (Wildman–Crippen MR) is 77.1 cm³/mol. The van der Waals surface area contributed by atoms with Gasteiger partial charge in [0.15, 0.2) is 5.13 Å². The quantitative estimate of drug-likeness (QED) is 0.851. The van der Waals surface area contributed by atoms with E-state index in [9.17, 15) is 4.79 Å². The second-order valence-corrected chi connectivity index (χ2v) is 5.03. The summed E-state index contributed by atoms with van der Waals surface area (Å²) in [6, 6.07) is 6.97. The molecule has 2 N–H and O–H groups in total. The number of aryl methyl sites for hydroxylation is 1. The van der Waals surface area contributed by atoms with Crippen LogP contribution in [0.3, 0.4) is 0 Å². The monoisotopic (exact) mass is 276 g/mol. The Kier molecular flexibility index (Phi) is 4.52. The van der Waals surface area contributed by atoms with Crippen LogP contribution in [0, 0.1) is 0 Å². The Balaban J connectivity index is 1.83. The van der Waals surface area contributed by atoms with Gasteiger partial charge in [-0.3, -0.25) is 0 Å². The fraction of sp³-hybridized carbons (Fsp3) is 0.286. The lowest BCUT2D eigenvalue weighted by atomic mass is 10.1. The number of rotatable bonds is 6. The highest BCUT2D eigenvalue weighted by molar-refractivity contribution is 7.13. The van der Waals surface area contributed by atoms with Gasteiger partial charge in [-0.15, -0.1) is 11.3 Å². The number of aromatic nitrogens is 1. The van der Waals surface area contributed by atoms with Gasteiger partial charge in [0.2, 0.25) is 0 Å². The van der Waals surface area contributed by atoms with Crippen molar-refractivity contribution in [3.05, 3.63) is 46.5 Å². The van der Waals surface area contributed by atoms with E-state index in [0.29, 0.717) is 5.56 Å². The molecule has 2 rings (SSSR count). The zero-order valence-corrected chi connectivity index (χ0v) is 11.5. The van der Waals surface area contributed by atoms with E-state index in [1.54, 1.807) is 23.5 Å². The van der Waals surface area contributed by atoms with Crippen LogP contribution in [0.2, 0.25) is 0 Å². The largest absolute Gasteiger partial charge is 0.478 e. The first kappa shape index (κ1) is 13.5. The van der Waals surface area contributed by atoms with E-state index in [0.717, 1.165) is 35.8 Å². The Morgan fingerprint density at radius 1 is 1.37 bits per heavy atom. The highest BCUT2D eigenvalue weighted by atomic mass is 32.1. The van der Waals surface area contributed by atoms with Gasteiger partial charge < -0.3 is 10.4 Å². The molecule has 2 aromatic rings. The first-order chi connectivity index (χ1) is 9.19. The summed E-state index contributed by atoms with van der Waals surface area (Å²) in [6.45, 7) is 2.88. The van der Waals surface area contributed by atoms with Crippen molar-refractivity contribution in [2.24, 2.45) is 0 Å². The molecule has 0 saturated carbocycles. The van der Waals surface area contributed by atoms with Gasteiger partial charge in [0.25, 0.3) is 0 Å². The fourth-order valence-electron chi connectivity index (χ4n) is 1.68. The number of hydrogen-bond acceptors (Lipinski definition) is 4. The van der Waals surface area contributed by atoms with Gasteiger partial charge in [-0.25, -0.2) is 9.78 Å². The van der Waals surface area contributed by atoms with Crippen molar-refractivity contribution in [3.63, 3.8) is 0 Å². The van der Waals surface area contributed by atoms with Crippen molar-refractivity contribution in [1.29, 1.82) is 0 Å². The first-order valence-electron chi connectivity index (χ1n) is 6.19. The molecule has 1 aromatic carbocycles. The van der Waals surface area contributed by atoms with Crippen LogP contribution in [-0.4, -0.2) is 22.6 Å². The van der Waals surface area contributed by atoms with E-state index in [4.69, 9.17) is 5.11 Å². The van der Waals surface area contributed by atoms with Gasteiger partial charge in [-0.2, -0.15) is 0 Å². The van der Waals surface area contributed by atoms with Gasteiger partial charge >= 0.3 is 5.97 Å². The molecule has 0 unspecified atom stereocenters. The van der Waals surface area contributed by atoms with Crippen molar-refractivity contribution in [2.45, 2.75) is 19.8 Å². The van der Waals surface area contributed by atoms with Crippen LogP contribution in [0.1, 0.15) is 28.5 Å². The molecule has 1 heterocycles. The molecule has 0 aliphatic heterocycles. The van der Waals surface area contributed by atoms with Crippen molar-refractivity contribution >= 4 is 22.4 Å². The number of anilines is 1. The molecule has 0 radical (unpaired) electrons. The summed E-state index contributed by atoms with van der Waals surface area (Å²) in [6.07, 6.45) is 1.80. The summed E-state index contributed by atoms with van der Waals surface area (Å²) in [7, 11) is 0. The van der Waals surface area contributed by atoms with Crippen molar-refractivity contribution in [1.82, 2.24) is 4.98 Å². The van der Waals surface area contributed by atoms with Gasteiger partial charge in [0, 0.05) is 11.9 Å². The van der Waals surface area contributed by atoms with Crippen LogP contribution in [-0.2, 0) is 12.8 Å². The maximum Gasteiger partial charge on any atom is 0.335 e. The molecule has 1 aromatic heterocycles.